The van der Waals surface area contributed by atoms with Crippen molar-refractivity contribution in [1.82, 2.24) is 0 Å². The van der Waals surface area contributed by atoms with Crippen LogP contribution in [0.2, 0.25) is 65.0 Å². The van der Waals surface area contributed by atoms with Crippen LogP contribution in [0.3, 0.4) is 0 Å². The second kappa shape index (κ2) is 9.58. The van der Waals surface area contributed by atoms with Crippen LogP contribution in [0, 0.1) is 5.92 Å². The van der Waals surface area contributed by atoms with Crippen molar-refractivity contribution in [3.05, 3.63) is 12.2 Å². The minimum Gasteiger partial charge on any atom is -0.417 e. The highest BCUT2D eigenvalue weighted by Gasteiger charge is 2.50. The topological polar surface area (TPSA) is 36.9 Å². The first kappa shape index (κ1) is 25.4. The van der Waals surface area contributed by atoms with Crippen LogP contribution < -0.4 is 0 Å². The van der Waals surface area contributed by atoms with Crippen molar-refractivity contribution in [2.24, 2.45) is 5.92 Å². The van der Waals surface area contributed by atoms with Crippen LogP contribution in [0.1, 0.15) is 13.8 Å². The van der Waals surface area contributed by atoms with Crippen LogP contribution in [0.5, 0.6) is 0 Å². The first-order valence-corrected chi connectivity index (χ1v) is 21.4. The van der Waals surface area contributed by atoms with Gasteiger partial charge < -0.3 is 17.1 Å². The Morgan fingerprint density at radius 1 is 0.800 bits per heavy atom. The molecule has 25 heavy (non-hydrogen) atoms. The van der Waals surface area contributed by atoms with Gasteiger partial charge in [-0.1, -0.05) is 19.1 Å². The van der Waals surface area contributed by atoms with Gasteiger partial charge in [-0.2, -0.15) is 0 Å². The van der Waals surface area contributed by atoms with E-state index in [1.807, 2.05) is 6.92 Å². The number of ether oxygens (including phenoxy) is 1. The van der Waals surface area contributed by atoms with E-state index < -0.39 is 33.8 Å². The fourth-order valence-electron chi connectivity index (χ4n) is 2.51. The molecular weight excluding hydrogens is 381 g/mol. The molecule has 0 aromatic carbocycles. The lowest BCUT2D eigenvalue weighted by atomic mass is 10.2. The summed E-state index contributed by atoms with van der Waals surface area (Å²) in [5.74, 6) is 0.329. The lowest BCUT2D eigenvalue weighted by Gasteiger charge is -2.43. The van der Waals surface area contributed by atoms with Gasteiger partial charge in [-0.05, 0) is 71.8 Å². The molecular formula is C17H42O4Si4. The summed E-state index contributed by atoms with van der Waals surface area (Å²) < 4.78 is 25.9. The van der Waals surface area contributed by atoms with Gasteiger partial charge >= 0.3 is 8.80 Å². The maximum Gasteiger partial charge on any atom is 0.469 e. The second-order valence-electron chi connectivity index (χ2n) is 10.1. The molecule has 0 rings (SSSR count). The van der Waals surface area contributed by atoms with E-state index in [0.29, 0.717) is 19.1 Å². The van der Waals surface area contributed by atoms with Crippen molar-refractivity contribution in [1.29, 1.82) is 0 Å². The average Bonchev–Trinajstić information content (AvgIpc) is 2.18. The third kappa shape index (κ3) is 14.2. The number of hydrogen-bond donors (Lipinski definition) is 0. The van der Waals surface area contributed by atoms with Crippen molar-refractivity contribution in [3.63, 3.8) is 0 Å². The van der Waals surface area contributed by atoms with Crippen molar-refractivity contribution >= 4 is 33.8 Å². The summed E-state index contributed by atoms with van der Waals surface area (Å²) in [6.45, 7) is 29.4. The molecule has 0 saturated heterocycles. The molecule has 0 heterocycles. The fourth-order valence-corrected chi connectivity index (χ4v) is 17.3. The second-order valence-corrected chi connectivity index (χ2v) is 27.0. The van der Waals surface area contributed by atoms with E-state index in [1.165, 1.54) is 0 Å². The third-order valence-corrected chi connectivity index (χ3v) is 15.0. The Morgan fingerprint density at radius 3 is 1.44 bits per heavy atom. The molecule has 0 aromatic heterocycles. The molecule has 0 amide bonds. The summed E-state index contributed by atoms with van der Waals surface area (Å²) in [5.41, 5.74) is 1.05. The van der Waals surface area contributed by atoms with Crippen LogP contribution in [0.4, 0.5) is 0 Å². The highest BCUT2D eigenvalue weighted by atomic mass is 28.5. The van der Waals surface area contributed by atoms with Gasteiger partial charge in [0.25, 0.3) is 0 Å². The Labute approximate surface area is 161 Å². The van der Waals surface area contributed by atoms with Gasteiger partial charge in [-0.25, -0.2) is 0 Å². The van der Waals surface area contributed by atoms with E-state index in [2.05, 4.69) is 72.4 Å². The molecule has 0 radical (unpaired) electrons. The van der Waals surface area contributed by atoms with Gasteiger partial charge in [0.15, 0.2) is 25.0 Å². The summed E-state index contributed by atoms with van der Waals surface area (Å²) in [7, 11) is -8.18. The first-order valence-electron chi connectivity index (χ1n) is 9.26. The molecule has 0 aliphatic heterocycles. The maximum atomic E-state index is 6.71. The Kier molecular flexibility index (Phi) is 9.76. The Balaban J connectivity index is 5.45. The molecule has 4 nitrogen and oxygen atoms in total. The van der Waals surface area contributed by atoms with Gasteiger partial charge in [-0.15, -0.1) is 0 Å². The molecule has 150 valence electrons. The predicted octanol–water partition coefficient (Wildman–Crippen LogP) is 5.71. The van der Waals surface area contributed by atoms with Crippen LogP contribution in [0.15, 0.2) is 12.2 Å². The third-order valence-electron chi connectivity index (χ3n) is 2.73. The molecule has 0 aliphatic carbocycles. The van der Waals surface area contributed by atoms with Crippen molar-refractivity contribution in [3.8, 4) is 0 Å². The Hall–Kier alpha value is 0.448. The minimum atomic E-state index is -2.76. The molecule has 0 aromatic rings. The zero-order valence-electron chi connectivity index (χ0n) is 18.5. The molecule has 0 spiro atoms. The maximum absolute atomic E-state index is 6.71. The van der Waals surface area contributed by atoms with E-state index in [0.717, 1.165) is 11.6 Å². The summed E-state index contributed by atoms with van der Waals surface area (Å²) in [6, 6.07) is 0.821. The molecule has 0 bridgehead atoms. The SMILES string of the molecule is C=C(C)COCC(C)C[Si](O[Si](C)(C)C)(O[Si](C)(C)C)O[Si](C)(C)C. The molecule has 0 aliphatic rings. The van der Waals surface area contributed by atoms with Crippen LogP contribution in [-0.4, -0.2) is 47.0 Å². The molecule has 0 N–H and O–H groups in total. The monoisotopic (exact) mass is 422 g/mol. The van der Waals surface area contributed by atoms with E-state index in [-0.39, 0.29) is 0 Å². The van der Waals surface area contributed by atoms with Crippen molar-refractivity contribution in [2.45, 2.75) is 78.8 Å². The molecule has 0 saturated carbocycles. The average molecular weight is 423 g/mol. The molecule has 8 heteroatoms. The van der Waals surface area contributed by atoms with Gasteiger partial charge in [0.05, 0.1) is 6.61 Å². The van der Waals surface area contributed by atoms with Crippen molar-refractivity contribution in [2.75, 3.05) is 13.2 Å². The Morgan fingerprint density at radius 2 is 1.16 bits per heavy atom. The lowest BCUT2D eigenvalue weighted by Crippen LogP contribution is -2.61. The standard InChI is InChI=1S/C17H42O4Si4/c1-16(2)13-18-14-17(3)15-25(19-22(4,5)6,20-23(7,8)9)21-24(10,11)12/h17H,1,13-15H2,2-12H3. The van der Waals surface area contributed by atoms with Crippen molar-refractivity contribution < 1.29 is 17.1 Å². The summed E-state index contributed by atoms with van der Waals surface area (Å²) in [5, 5.41) is 0. The number of hydrogen-bond acceptors (Lipinski definition) is 4. The molecule has 0 fully saturated rings. The van der Waals surface area contributed by atoms with Crippen LogP contribution in [-0.2, 0) is 17.1 Å². The predicted molar refractivity (Wildman–Crippen MR) is 119 cm³/mol. The smallest absolute Gasteiger partial charge is 0.417 e. The lowest BCUT2D eigenvalue weighted by molar-refractivity contribution is 0.122. The molecule has 1 atom stereocenters. The number of rotatable bonds is 12. The van der Waals surface area contributed by atoms with Gasteiger partial charge in [0, 0.05) is 12.7 Å². The van der Waals surface area contributed by atoms with Crippen LogP contribution in [0.25, 0.3) is 0 Å². The minimum absolute atomic E-state index is 0.329. The normalized spacial score (nSPS) is 15.3. The van der Waals surface area contributed by atoms with E-state index >= 15 is 0 Å². The van der Waals surface area contributed by atoms with E-state index in [1.54, 1.807) is 0 Å². The first-order chi connectivity index (χ1) is 10.9. The summed E-state index contributed by atoms with van der Waals surface area (Å²) >= 11 is 0. The highest BCUT2D eigenvalue weighted by Crippen LogP contribution is 2.31. The largest absolute Gasteiger partial charge is 0.469 e. The van der Waals surface area contributed by atoms with E-state index in [9.17, 15) is 0 Å². The molecule has 1 unspecified atom stereocenters. The fraction of sp³-hybridized carbons (Fsp3) is 0.882. The summed E-state index contributed by atoms with van der Waals surface area (Å²) in [4.78, 5) is 0. The van der Waals surface area contributed by atoms with Gasteiger partial charge in [-0.3, -0.25) is 0 Å². The van der Waals surface area contributed by atoms with Gasteiger partial charge in [0.2, 0.25) is 0 Å². The van der Waals surface area contributed by atoms with Gasteiger partial charge in [0.1, 0.15) is 0 Å². The summed E-state index contributed by atoms with van der Waals surface area (Å²) in [6.07, 6.45) is 0. The zero-order valence-corrected chi connectivity index (χ0v) is 22.5. The Bertz CT molecular complexity index is 381. The highest BCUT2D eigenvalue weighted by molar-refractivity contribution is 6.90. The quantitative estimate of drug-likeness (QED) is 0.298. The zero-order chi connectivity index (χ0) is 20.1. The van der Waals surface area contributed by atoms with E-state index in [4.69, 9.17) is 17.1 Å². The van der Waals surface area contributed by atoms with Crippen LogP contribution >= 0.6 is 0 Å².